The monoisotopic (exact) mass is 245 g/mol. The van der Waals surface area contributed by atoms with Crippen molar-refractivity contribution < 1.29 is 0 Å². The maximum Gasteiger partial charge on any atom is 0.149 e. The molecule has 0 radical (unpaired) electrons. The number of nitrogens with zero attached hydrogens (tertiary/aromatic N) is 1. The minimum absolute atomic E-state index is 0.0470. The molecule has 0 saturated carbocycles. The van der Waals surface area contributed by atoms with Crippen molar-refractivity contribution in [1.82, 2.24) is 4.98 Å². The lowest BCUT2D eigenvalue weighted by molar-refractivity contribution is 1.08. The summed E-state index contributed by atoms with van der Waals surface area (Å²) in [7, 11) is 0. The molecule has 0 fully saturated rings. The molecule has 0 aliphatic heterocycles. The SMILES string of the molecule is CSC(SC)(SC)c1ncccc1C. The molecular formula is C10H15NS3. The van der Waals surface area contributed by atoms with Crippen molar-refractivity contribution in [1.29, 1.82) is 0 Å². The highest BCUT2D eigenvalue weighted by molar-refractivity contribution is 8.32. The van der Waals surface area contributed by atoms with E-state index in [9.17, 15) is 0 Å². The van der Waals surface area contributed by atoms with Crippen LogP contribution in [0.2, 0.25) is 0 Å². The van der Waals surface area contributed by atoms with Crippen molar-refractivity contribution in [2.24, 2.45) is 0 Å². The molecule has 0 aliphatic carbocycles. The molecule has 0 aromatic carbocycles. The van der Waals surface area contributed by atoms with Crippen molar-refractivity contribution in [2.75, 3.05) is 18.8 Å². The van der Waals surface area contributed by atoms with Gasteiger partial charge >= 0.3 is 0 Å². The highest BCUT2D eigenvalue weighted by Crippen LogP contribution is 2.51. The number of aromatic nitrogens is 1. The second kappa shape index (κ2) is 5.33. The van der Waals surface area contributed by atoms with Gasteiger partial charge in [-0.15, -0.1) is 35.3 Å². The zero-order chi connectivity index (χ0) is 10.6. The van der Waals surface area contributed by atoms with Crippen LogP contribution in [0.1, 0.15) is 11.3 Å². The minimum Gasteiger partial charge on any atom is -0.258 e. The quantitative estimate of drug-likeness (QED) is 0.751. The van der Waals surface area contributed by atoms with Crippen molar-refractivity contribution in [3.63, 3.8) is 0 Å². The first-order chi connectivity index (χ1) is 6.70. The van der Waals surface area contributed by atoms with Crippen molar-refractivity contribution in [3.05, 3.63) is 29.6 Å². The van der Waals surface area contributed by atoms with Gasteiger partial charge in [0.05, 0.1) is 5.69 Å². The third kappa shape index (κ3) is 2.23. The van der Waals surface area contributed by atoms with Crippen LogP contribution in [-0.2, 0) is 3.41 Å². The number of hydrogen-bond donors (Lipinski definition) is 0. The van der Waals surface area contributed by atoms with Crippen molar-refractivity contribution in [2.45, 2.75) is 10.3 Å². The topological polar surface area (TPSA) is 12.9 Å². The van der Waals surface area contributed by atoms with Crippen LogP contribution in [0, 0.1) is 6.92 Å². The lowest BCUT2D eigenvalue weighted by atomic mass is 10.2. The second-order valence-corrected chi connectivity index (χ2v) is 6.67. The Morgan fingerprint density at radius 1 is 1.14 bits per heavy atom. The summed E-state index contributed by atoms with van der Waals surface area (Å²) in [5.74, 6) is 0. The molecule has 78 valence electrons. The van der Waals surface area contributed by atoms with Crippen LogP contribution < -0.4 is 0 Å². The molecule has 0 saturated heterocycles. The summed E-state index contributed by atoms with van der Waals surface area (Å²) in [5, 5.41) is 0. The minimum atomic E-state index is 0.0470. The first-order valence-corrected chi connectivity index (χ1v) is 7.95. The van der Waals surface area contributed by atoms with Crippen LogP contribution in [0.15, 0.2) is 18.3 Å². The van der Waals surface area contributed by atoms with Gasteiger partial charge in [-0.05, 0) is 37.3 Å². The Hall–Kier alpha value is 0.200. The number of hydrogen-bond acceptors (Lipinski definition) is 4. The molecule has 0 unspecified atom stereocenters. The lowest BCUT2D eigenvalue weighted by Crippen LogP contribution is -2.15. The van der Waals surface area contributed by atoms with Crippen LogP contribution in [0.3, 0.4) is 0 Å². The Morgan fingerprint density at radius 2 is 1.71 bits per heavy atom. The van der Waals surface area contributed by atoms with Gasteiger partial charge in [-0.2, -0.15) is 0 Å². The highest BCUT2D eigenvalue weighted by Gasteiger charge is 2.32. The molecule has 1 rings (SSSR count). The van der Waals surface area contributed by atoms with Crippen LogP contribution in [-0.4, -0.2) is 23.8 Å². The highest BCUT2D eigenvalue weighted by atomic mass is 32.3. The van der Waals surface area contributed by atoms with Crippen LogP contribution in [0.4, 0.5) is 0 Å². The zero-order valence-electron chi connectivity index (χ0n) is 8.90. The van der Waals surface area contributed by atoms with Crippen LogP contribution >= 0.6 is 35.3 Å². The van der Waals surface area contributed by atoms with Crippen LogP contribution in [0.25, 0.3) is 0 Å². The van der Waals surface area contributed by atoms with E-state index in [-0.39, 0.29) is 3.41 Å². The van der Waals surface area contributed by atoms with Gasteiger partial charge in [0.1, 0.15) is 3.41 Å². The molecule has 0 aliphatic rings. The zero-order valence-corrected chi connectivity index (χ0v) is 11.4. The Morgan fingerprint density at radius 3 is 2.14 bits per heavy atom. The van der Waals surface area contributed by atoms with Crippen molar-refractivity contribution in [3.8, 4) is 0 Å². The van der Waals surface area contributed by atoms with Gasteiger partial charge in [-0.25, -0.2) is 0 Å². The maximum atomic E-state index is 4.50. The normalized spacial score (nSPS) is 11.7. The molecule has 0 bridgehead atoms. The fourth-order valence-corrected chi connectivity index (χ4v) is 4.57. The summed E-state index contributed by atoms with van der Waals surface area (Å²) >= 11 is 5.54. The van der Waals surface area contributed by atoms with E-state index in [4.69, 9.17) is 0 Å². The Labute approximate surface area is 98.8 Å². The Kier molecular flexibility index (Phi) is 4.67. The number of aryl methyl sites for hydroxylation is 1. The van der Waals surface area contributed by atoms with Crippen molar-refractivity contribution >= 4 is 35.3 Å². The Balaban J connectivity index is 3.17. The summed E-state index contributed by atoms with van der Waals surface area (Å²) < 4.78 is 0.0470. The fraction of sp³-hybridized carbons (Fsp3) is 0.500. The largest absolute Gasteiger partial charge is 0.258 e. The Bertz CT molecular complexity index is 289. The van der Waals surface area contributed by atoms with Gasteiger partial charge < -0.3 is 0 Å². The third-order valence-corrected chi connectivity index (χ3v) is 7.30. The molecule has 1 aromatic heterocycles. The average Bonchev–Trinajstić information content (AvgIpc) is 2.24. The summed E-state index contributed by atoms with van der Waals surface area (Å²) in [5.41, 5.74) is 2.46. The number of thioether (sulfide) groups is 3. The van der Waals surface area contributed by atoms with Gasteiger partial charge in [0, 0.05) is 6.20 Å². The van der Waals surface area contributed by atoms with Crippen LogP contribution in [0.5, 0.6) is 0 Å². The fourth-order valence-electron chi connectivity index (χ4n) is 1.35. The number of pyridine rings is 1. The molecule has 0 atom stereocenters. The van der Waals surface area contributed by atoms with E-state index >= 15 is 0 Å². The van der Waals surface area contributed by atoms with Gasteiger partial charge in [-0.3, -0.25) is 4.98 Å². The average molecular weight is 245 g/mol. The molecule has 1 aromatic rings. The molecule has 0 amide bonds. The summed E-state index contributed by atoms with van der Waals surface area (Å²) in [4.78, 5) is 4.50. The summed E-state index contributed by atoms with van der Waals surface area (Å²) in [6.07, 6.45) is 8.29. The van der Waals surface area contributed by atoms with E-state index in [1.807, 2.05) is 47.5 Å². The van der Waals surface area contributed by atoms with E-state index in [2.05, 4.69) is 36.7 Å². The van der Waals surface area contributed by atoms with Gasteiger partial charge in [-0.1, -0.05) is 6.07 Å². The third-order valence-electron chi connectivity index (χ3n) is 2.11. The molecule has 1 nitrogen and oxygen atoms in total. The maximum absolute atomic E-state index is 4.50. The molecule has 14 heavy (non-hydrogen) atoms. The van der Waals surface area contributed by atoms with E-state index < -0.39 is 0 Å². The van der Waals surface area contributed by atoms with E-state index in [1.54, 1.807) is 0 Å². The molecular weight excluding hydrogens is 230 g/mol. The predicted octanol–water partition coefficient (Wildman–Crippen LogP) is 3.59. The molecule has 0 spiro atoms. The summed E-state index contributed by atoms with van der Waals surface area (Å²) in [6, 6.07) is 4.12. The standard InChI is InChI=1S/C10H15NS3/c1-8-6-5-7-11-9(8)10(12-2,13-3)14-4/h5-7H,1-4H3. The van der Waals surface area contributed by atoms with E-state index in [1.165, 1.54) is 11.3 Å². The van der Waals surface area contributed by atoms with Gasteiger partial charge in [0.25, 0.3) is 0 Å². The first kappa shape index (κ1) is 12.3. The lowest BCUT2D eigenvalue weighted by Gasteiger charge is -2.28. The molecule has 0 N–H and O–H groups in total. The summed E-state index contributed by atoms with van der Waals surface area (Å²) in [6.45, 7) is 2.12. The van der Waals surface area contributed by atoms with Gasteiger partial charge in [0.15, 0.2) is 0 Å². The second-order valence-electron chi connectivity index (χ2n) is 2.84. The predicted molar refractivity (Wildman–Crippen MR) is 71.2 cm³/mol. The molecule has 1 heterocycles. The first-order valence-electron chi connectivity index (χ1n) is 4.27. The smallest absolute Gasteiger partial charge is 0.149 e. The van der Waals surface area contributed by atoms with E-state index in [0.717, 1.165) is 0 Å². The molecule has 4 heteroatoms. The van der Waals surface area contributed by atoms with E-state index in [0.29, 0.717) is 0 Å². The van der Waals surface area contributed by atoms with Gasteiger partial charge in [0.2, 0.25) is 0 Å². The number of rotatable bonds is 4.